The van der Waals surface area contributed by atoms with Gasteiger partial charge in [-0.15, -0.1) is 0 Å². The monoisotopic (exact) mass is 245 g/mol. The first-order valence-electron chi connectivity index (χ1n) is 5.22. The van der Waals surface area contributed by atoms with Gasteiger partial charge >= 0.3 is 0 Å². The van der Waals surface area contributed by atoms with E-state index in [0.717, 1.165) is 23.2 Å². The minimum atomic E-state index is 0.173. The van der Waals surface area contributed by atoms with Crippen molar-refractivity contribution in [2.45, 2.75) is 27.2 Å². The fourth-order valence-corrected chi connectivity index (χ4v) is 2.51. The lowest BCUT2D eigenvalue weighted by atomic mass is 10.3. The van der Waals surface area contributed by atoms with Gasteiger partial charge in [0, 0.05) is 25.3 Å². The number of hydrogen-bond acceptors (Lipinski definition) is 3. The summed E-state index contributed by atoms with van der Waals surface area (Å²) in [7, 11) is 0. The molecule has 0 aromatic carbocycles. The average Bonchev–Trinajstić information content (AvgIpc) is 2.20. The summed E-state index contributed by atoms with van der Waals surface area (Å²) in [5, 5.41) is 0. The van der Waals surface area contributed by atoms with Gasteiger partial charge in [-0.05, 0) is 26.8 Å². The van der Waals surface area contributed by atoms with Crippen LogP contribution in [-0.4, -0.2) is 33.8 Å². The van der Waals surface area contributed by atoms with Crippen LogP contribution in [0.2, 0.25) is 0 Å². The van der Waals surface area contributed by atoms with E-state index in [9.17, 15) is 4.79 Å². The SMILES string of the molecule is C/C=C/C(=O)CCSC(=S)N(CC)CC. The summed E-state index contributed by atoms with van der Waals surface area (Å²) in [6, 6.07) is 0. The molecule has 0 unspecified atom stereocenters. The van der Waals surface area contributed by atoms with Gasteiger partial charge in [0.1, 0.15) is 4.32 Å². The number of allylic oxidation sites excluding steroid dienone is 2. The van der Waals surface area contributed by atoms with E-state index in [-0.39, 0.29) is 5.78 Å². The second-order valence-corrected chi connectivity index (χ2v) is 4.73. The third-order valence-corrected chi connectivity index (χ3v) is 3.47. The van der Waals surface area contributed by atoms with Gasteiger partial charge in [0.05, 0.1) is 0 Å². The summed E-state index contributed by atoms with van der Waals surface area (Å²) in [4.78, 5) is 13.3. The highest BCUT2D eigenvalue weighted by Crippen LogP contribution is 2.10. The van der Waals surface area contributed by atoms with E-state index in [2.05, 4.69) is 18.7 Å². The third kappa shape index (κ3) is 6.68. The second-order valence-electron chi connectivity index (χ2n) is 3.00. The molecule has 0 rings (SSSR count). The number of hydrogen-bond donors (Lipinski definition) is 0. The maximum absolute atomic E-state index is 11.2. The van der Waals surface area contributed by atoms with Crippen molar-refractivity contribution in [3.63, 3.8) is 0 Å². The van der Waals surface area contributed by atoms with E-state index < -0.39 is 0 Å². The number of ketones is 1. The van der Waals surface area contributed by atoms with Crippen molar-refractivity contribution in [2.75, 3.05) is 18.8 Å². The molecule has 0 fully saturated rings. The van der Waals surface area contributed by atoms with E-state index >= 15 is 0 Å². The molecule has 0 aliphatic heterocycles. The average molecular weight is 245 g/mol. The van der Waals surface area contributed by atoms with Gasteiger partial charge < -0.3 is 4.90 Å². The molecule has 0 saturated heterocycles. The van der Waals surface area contributed by atoms with Crippen molar-refractivity contribution in [3.8, 4) is 0 Å². The summed E-state index contributed by atoms with van der Waals surface area (Å²) in [6.07, 6.45) is 3.95. The van der Waals surface area contributed by atoms with Crippen LogP contribution in [0, 0.1) is 0 Å². The summed E-state index contributed by atoms with van der Waals surface area (Å²) in [5.74, 6) is 0.950. The maximum Gasteiger partial charge on any atom is 0.156 e. The Hall–Kier alpha value is -0.350. The first-order chi connectivity index (χ1) is 7.15. The highest BCUT2D eigenvalue weighted by atomic mass is 32.2. The summed E-state index contributed by atoms with van der Waals surface area (Å²) in [6.45, 7) is 7.89. The molecule has 86 valence electrons. The van der Waals surface area contributed by atoms with Gasteiger partial charge in [0.25, 0.3) is 0 Å². The Labute approximate surface area is 102 Å². The molecule has 0 radical (unpaired) electrons. The first kappa shape index (κ1) is 14.6. The molecule has 0 bridgehead atoms. The van der Waals surface area contributed by atoms with Crippen molar-refractivity contribution in [1.82, 2.24) is 4.90 Å². The van der Waals surface area contributed by atoms with Crippen LogP contribution in [0.4, 0.5) is 0 Å². The molecular weight excluding hydrogens is 226 g/mol. The largest absolute Gasteiger partial charge is 0.358 e. The van der Waals surface area contributed by atoms with Gasteiger partial charge in [-0.3, -0.25) is 4.79 Å². The Morgan fingerprint density at radius 2 is 2.00 bits per heavy atom. The molecule has 2 nitrogen and oxygen atoms in total. The molecular formula is C11H19NOS2. The number of rotatable bonds is 6. The van der Waals surface area contributed by atoms with Gasteiger partial charge in [-0.25, -0.2) is 0 Å². The molecule has 15 heavy (non-hydrogen) atoms. The van der Waals surface area contributed by atoms with E-state index in [1.165, 1.54) is 0 Å². The summed E-state index contributed by atoms with van der Waals surface area (Å²) >= 11 is 6.84. The number of thiocarbonyl (C=S) groups is 1. The molecule has 0 aromatic rings. The Morgan fingerprint density at radius 3 is 2.47 bits per heavy atom. The van der Waals surface area contributed by atoms with E-state index in [4.69, 9.17) is 12.2 Å². The number of nitrogens with zero attached hydrogens (tertiary/aromatic N) is 1. The Morgan fingerprint density at radius 1 is 1.40 bits per heavy atom. The quantitative estimate of drug-likeness (QED) is 0.529. The summed E-state index contributed by atoms with van der Waals surface area (Å²) in [5.41, 5.74) is 0. The lowest BCUT2D eigenvalue weighted by Gasteiger charge is -2.20. The minimum absolute atomic E-state index is 0.173. The lowest BCUT2D eigenvalue weighted by Crippen LogP contribution is -2.26. The van der Waals surface area contributed by atoms with Crippen molar-refractivity contribution >= 4 is 34.1 Å². The smallest absolute Gasteiger partial charge is 0.156 e. The molecule has 0 saturated carbocycles. The first-order valence-corrected chi connectivity index (χ1v) is 6.62. The predicted molar refractivity (Wildman–Crippen MR) is 72.4 cm³/mol. The van der Waals surface area contributed by atoms with E-state index in [1.54, 1.807) is 23.9 Å². The zero-order valence-corrected chi connectivity index (χ0v) is 11.3. The fourth-order valence-electron chi connectivity index (χ4n) is 1.08. The maximum atomic E-state index is 11.2. The zero-order valence-electron chi connectivity index (χ0n) is 9.66. The van der Waals surface area contributed by atoms with Crippen molar-refractivity contribution in [2.24, 2.45) is 0 Å². The van der Waals surface area contributed by atoms with E-state index in [1.807, 2.05) is 6.92 Å². The molecule has 0 spiro atoms. The standard InChI is InChI=1S/C11H19NOS2/c1-4-7-10(13)8-9-15-11(14)12(5-2)6-3/h4,7H,5-6,8-9H2,1-3H3/b7-4+. The van der Waals surface area contributed by atoms with Gasteiger partial charge in [0.15, 0.2) is 5.78 Å². The fraction of sp³-hybridized carbons (Fsp3) is 0.636. The summed E-state index contributed by atoms with van der Waals surface area (Å²) < 4.78 is 0.897. The minimum Gasteiger partial charge on any atom is -0.358 e. The topological polar surface area (TPSA) is 20.3 Å². The highest BCUT2D eigenvalue weighted by Gasteiger charge is 2.06. The molecule has 4 heteroatoms. The van der Waals surface area contributed by atoms with E-state index in [0.29, 0.717) is 6.42 Å². The van der Waals surface area contributed by atoms with Crippen LogP contribution in [0.25, 0.3) is 0 Å². The van der Waals surface area contributed by atoms with Crippen LogP contribution in [0.15, 0.2) is 12.2 Å². The molecule has 0 aromatic heterocycles. The lowest BCUT2D eigenvalue weighted by molar-refractivity contribution is -0.114. The van der Waals surface area contributed by atoms with Crippen LogP contribution in [0.1, 0.15) is 27.2 Å². The Bertz CT molecular complexity index is 235. The zero-order chi connectivity index (χ0) is 11.7. The molecule has 0 N–H and O–H groups in total. The van der Waals surface area contributed by atoms with Crippen LogP contribution in [-0.2, 0) is 4.79 Å². The van der Waals surface area contributed by atoms with Crippen LogP contribution >= 0.6 is 24.0 Å². The van der Waals surface area contributed by atoms with Crippen LogP contribution in [0.3, 0.4) is 0 Å². The second kappa shape index (κ2) is 8.92. The van der Waals surface area contributed by atoms with Gasteiger partial charge in [0.2, 0.25) is 0 Å². The van der Waals surface area contributed by atoms with Gasteiger partial charge in [-0.2, -0.15) is 0 Å². The Kier molecular flexibility index (Phi) is 8.71. The molecule has 0 atom stereocenters. The van der Waals surface area contributed by atoms with Crippen LogP contribution in [0.5, 0.6) is 0 Å². The number of carbonyl (C=O) groups is 1. The predicted octanol–water partition coefficient (Wildman–Crippen LogP) is 2.88. The number of carbonyl (C=O) groups excluding carboxylic acids is 1. The van der Waals surface area contributed by atoms with Crippen molar-refractivity contribution in [1.29, 1.82) is 0 Å². The molecule has 0 heterocycles. The molecule has 0 aliphatic rings. The van der Waals surface area contributed by atoms with Crippen LogP contribution < -0.4 is 0 Å². The highest BCUT2D eigenvalue weighted by molar-refractivity contribution is 8.22. The molecule has 0 amide bonds. The number of thioether (sulfide) groups is 1. The third-order valence-electron chi connectivity index (χ3n) is 1.95. The van der Waals surface area contributed by atoms with Crippen molar-refractivity contribution < 1.29 is 4.79 Å². The van der Waals surface area contributed by atoms with Gasteiger partial charge in [-0.1, -0.05) is 30.1 Å². The normalized spacial score (nSPS) is 10.6. The Balaban J connectivity index is 3.76. The van der Waals surface area contributed by atoms with Crippen molar-refractivity contribution in [3.05, 3.63) is 12.2 Å². The molecule has 0 aliphatic carbocycles.